The molecule has 0 saturated heterocycles. The molecule has 0 bridgehead atoms. The number of carbonyl (C=O) groups is 3. The van der Waals surface area contributed by atoms with Gasteiger partial charge in [-0.25, -0.2) is 18.4 Å². The SMILES string of the molecule is CN(C)C(=O)Oc1ccc(C[C@H](NC(=O)[C@H]2CCCC[C@@H]2Cc2ccc(F)c(F)c2)C(=O)O)cc1. The summed E-state index contributed by atoms with van der Waals surface area (Å²) in [6, 6.07) is 9.03. The maximum atomic E-state index is 13.6. The molecule has 2 N–H and O–H groups in total. The van der Waals surface area contributed by atoms with E-state index in [1.165, 1.54) is 11.0 Å². The largest absolute Gasteiger partial charge is 0.480 e. The van der Waals surface area contributed by atoms with E-state index >= 15 is 0 Å². The van der Waals surface area contributed by atoms with E-state index in [1.54, 1.807) is 38.4 Å². The molecule has 3 atom stereocenters. The van der Waals surface area contributed by atoms with Crippen LogP contribution in [0.4, 0.5) is 13.6 Å². The Bertz CT molecular complexity index is 1060. The Morgan fingerprint density at radius 1 is 1.03 bits per heavy atom. The first-order valence-electron chi connectivity index (χ1n) is 11.6. The molecule has 0 spiro atoms. The van der Waals surface area contributed by atoms with Crippen molar-refractivity contribution in [1.82, 2.24) is 10.2 Å². The molecule has 0 aliphatic heterocycles. The summed E-state index contributed by atoms with van der Waals surface area (Å²) in [5, 5.41) is 12.4. The quantitative estimate of drug-likeness (QED) is 0.581. The molecule has 0 radical (unpaired) electrons. The Balaban J connectivity index is 1.65. The van der Waals surface area contributed by atoms with Crippen molar-refractivity contribution >= 4 is 18.0 Å². The zero-order valence-electron chi connectivity index (χ0n) is 19.8. The third kappa shape index (κ3) is 7.24. The highest BCUT2D eigenvalue weighted by atomic mass is 19.2. The van der Waals surface area contributed by atoms with Gasteiger partial charge >= 0.3 is 12.1 Å². The van der Waals surface area contributed by atoms with Gasteiger partial charge in [0.15, 0.2) is 11.6 Å². The molecule has 188 valence electrons. The number of carbonyl (C=O) groups excluding carboxylic acids is 2. The summed E-state index contributed by atoms with van der Waals surface area (Å²) in [6.45, 7) is 0. The Morgan fingerprint density at radius 2 is 1.69 bits per heavy atom. The summed E-state index contributed by atoms with van der Waals surface area (Å²) in [6.07, 6.45) is 3.07. The van der Waals surface area contributed by atoms with Crippen LogP contribution in [0.2, 0.25) is 0 Å². The van der Waals surface area contributed by atoms with Gasteiger partial charge in [0.1, 0.15) is 11.8 Å². The van der Waals surface area contributed by atoms with Crippen molar-refractivity contribution in [1.29, 1.82) is 0 Å². The van der Waals surface area contributed by atoms with E-state index in [0.29, 0.717) is 29.7 Å². The molecule has 2 aromatic carbocycles. The fourth-order valence-electron chi connectivity index (χ4n) is 4.37. The van der Waals surface area contributed by atoms with Crippen LogP contribution in [-0.2, 0) is 22.4 Å². The van der Waals surface area contributed by atoms with Gasteiger partial charge in [-0.3, -0.25) is 4.79 Å². The van der Waals surface area contributed by atoms with Crippen LogP contribution in [0.1, 0.15) is 36.8 Å². The predicted octanol–water partition coefficient (Wildman–Crippen LogP) is 4.19. The van der Waals surface area contributed by atoms with E-state index in [2.05, 4.69) is 5.32 Å². The van der Waals surface area contributed by atoms with Gasteiger partial charge in [-0.1, -0.05) is 31.0 Å². The predicted molar refractivity (Wildman–Crippen MR) is 125 cm³/mol. The molecule has 1 fully saturated rings. The van der Waals surface area contributed by atoms with Crippen LogP contribution in [-0.4, -0.2) is 48.1 Å². The Kier molecular flexibility index (Phi) is 8.78. The van der Waals surface area contributed by atoms with E-state index in [4.69, 9.17) is 4.74 Å². The van der Waals surface area contributed by atoms with Crippen LogP contribution in [0.25, 0.3) is 0 Å². The first-order valence-corrected chi connectivity index (χ1v) is 11.6. The van der Waals surface area contributed by atoms with Crippen molar-refractivity contribution in [2.45, 2.75) is 44.6 Å². The number of carboxylic acid groups (broad SMARTS) is 1. The van der Waals surface area contributed by atoms with Crippen LogP contribution in [0.15, 0.2) is 42.5 Å². The van der Waals surface area contributed by atoms with Gasteiger partial charge in [0, 0.05) is 26.4 Å². The number of benzene rings is 2. The molecular formula is C26H30F2N2O5. The summed E-state index contributed by atoms with van der Waals surface area (Å²) >= 11 is 0. The third-order valence-corrected chi connectivity index (χ3v) is 6.28. The minimum atomic E-state index is -1.16. The van der Waals surface area contributed by atoms with Crippen molar-refractivity contribution in [3.63, 3.8) is 0 Å². The average Bonchev–Trinajstić information content (AvgIpc) is 2.82. The lowest BCUT2D eigenvalue weighted by atomic mass is 9.75. The van der Waals surface area contributed by atoms with Crippen molar-refractivity contribution in [2.24, 2.45) is 11.8 Å². The Hall–Kier alpha value is -3.49. The minimum Gasteiger partial charge on any atom is -0.480 e. The van der Waals surface area contributed by atoms with Crippen LogP contribution < -0.4 is 10.1 Å². The van der Waals surface area contributed by atoms with Gasteiger partial charge in [0.2, 0.25) is 5.91 Å². The smallest absolute Gasteiger partial charge is 0.414 e. The number of amides is 2. The summed E-state index contributed by atoms with van der Waals surface area (Å²) in [4.78, 5) is 37.9. The number of nitrogens with zero attached hydrogens (tertiary/aromatic N) is 1. The van der Waals surface area contributed by atoms with E-state index < -0.39 is 35.7 Å². The minimum absolute atomic E-state index is 0.0591. The standard InChI is InChI=1S/C26H30F2N2O5/c1-30(2)26(34)35-19-10-7-16(8-11-19)15-23(25(32)33)29-24(31)20-6-4-3-5-18(20)13-17-9-12-21(27)22(28)14-17/h7-12,14,18,20,23H,3-6,13,15H2,1-2H3,(H,29,31)(H,32,33)/t18-,20+,23+/m1/s1. The number of ether oxygens (including phenoxy) is 1. The molecule has 3 rings (SSSR count). The number of nitrogens with one attached hydrogen (secondary N) is 1. The average molecular weight is 489 g/mol. The van der Waals surface area contributed by atoms with Crippen molar-refractivity contribution in [3.8, 4) is 5.75 Å². The highest BCUT2D eigenvalue weighted by Crippen LogP contribution is 2.33. The van der Waals surface area contributed by atoms with Crippen molar-refractivity contribution < 1.29 is 33.0 Å². The molecular weight excluding hydrogens is 458 g/mol. The topological polar surface area (TPSA) is 95.9 Å². The number of halogens is 2. The van der Waals surface area contributed by atoms with Crippen LogP contribution >= 0.6 is 0 Å². The second-order valence-corrected chi connectivity index (χ2v) is 9.11. The maximum Gasteiger partial charge on any atom is 0.414 e. The summed E-state index contributed by atoms with van der Waals surface area (Å²) in [7, 11) is 3.12. The van der Waals surface area contributed by atoms with E-state index in [0.717, 1.165) is 31.4 Å². The van der Waals surface area contributed by atoms with Crippen LogP contribution in [0.3, 0.4) is 0 Å². The zero-order valence-corrected chi connectivity index (χ0v) is 19.8. The van der Waals surface area contributed by atoms with Gasteiger partial charge in [-0.15, -0.1) is 0 Å². The lowest BCUT2D eigenvalue weighted by Gasteiger charge is -2.31. The molecule has 0 unspecified atom stereocenters. The van der Waals surface area contributed by atoms with Gasteiger partial charge in [-0.05, 0) is 60.6 Å². The highest BCUT2D eigenvalue weighted by molar-refractivity contribution is 5.85. The van der Waals surface area contributed by atoms with E-state index in [1.807, 2.05) is 0 Å². The molecule has 0 heterocycles. The molecule has 1 aliphatic carbocycles. The summed E-state index contributed by atoms with van der Waals surface area (Å²) in [5.41, 5.74) is 1.27. The molecule has 9 heteroatoms. The normalized spacial score (nSPS) is 18.4. The molecule has 1 aliphatic rings. The second kappa shape index (κ2) is 11.8. The number of hydrogen-bond acceptors (Lipinski definition) is 4. The fraction of sp³-hybridized carbons (Fsp3) is 0.423. The second-order valence-electron chi connectivity index (χ2n) is 9.11. The molecule has 7 nitrogen and oxygen atoms in total. The third-order valence-electron chi connectivity index (χ3n) is 6.28. The molecule has 2 aromatic rings. The molecule has 0 aromatic heterocycles. The maximum absolute atomic E-state index is 13.6. The van der Waals surface area contributed by atoms with Crippen LogP contribution in [0, 0.1) is 23.5 Å². The van der Waals surface area contributed by atoms with Crippen molar-refractivity contribution in [2.75, 3.05) is 14.1 Å². The van der Waals surface area contributed by atoms with Gasteiger partial charge in [0.05, 0.1) is 0 Å². The summed E-state index contributed by atoms with van der Waals surface area (Å²) in [5.74, 6) is -3.52. The van der Waals surface area contributed by atoms with E-state index in [-0.39, 0.29) is 18.2 Å². The number of aliphatic carboxylic acids is 1. The van der Waals surface area contributed by atoms with Crippen molar-refractivity contribution in [3.05, 3.63) is 65.2 Å². The monoisotopic (exact) mass is 488 g/mol. The lowest BCUT2D eigenvalue weighted by molar-refractivity contribution is -0.143. The lowest BCUT2D eigenvalue weighted by Crippen LogP contribution is -2.47. The van der Waals surface area contributed by atoms with Gasteiger partial charge < -0.3 is 20.1 Å². The molecule has 35 heavy (non-hydrogen) atoms. The Labute approximate surface area is 203 Å². The first kappa shape index (κ1) is 26.1. The van der Waals surface area contributed by atoms with Crippen LogP contribution in [0.5, 0.6) is 5.75 Å². The Morgan fingerprint density at radius 3 is 2.31 bits per heavy atom. The number of hydrogen-bond donors (Lipinski definition) is 2. The zero-order chi connectivity index (χ0) is 25.5. The van der Waals surface area contributed by atoms with Gasteiger partial charge in [0.25, 0.3) is 0 Å². The van der Waals surface area contributed by atoms with E-state index in [9.17, 15) is 28.3 Å². The molecule has 2 amide bonds. The molecule has 1 saturated carbocycles. The summed E-state index contributed by atoms with van der Waals surface area (Å²) < 4.78 is 32.1. The first-order chi connectivity index (χ1) is 16.6. The number of rotatable bonds is 8. The fourth-order valence-corrected chi connectivity index (χ4v) is 4.37. The number of carboxylic acids is 1. The highest BCUT2D eigenvalue weighted by Gasteiger charge is 2.33. The van der Waals surface area contributed by atoms with Gasteiger partial charge in [-0.2, -0.15) is 0 Å².